The van der Waals surface area contributed by atoms with E-state index in [-0.39, 0.29) is 12.5 Å². The second kappa shape index (κ2) is 8.76. The molecule has 1 amide bonds. The quantitative estimate of drug-likeness (QED) is 0.618. The highest BCUT2D eigenvalue weighted by atomic mass is 32.2. The summed E-state index contributed by atoms with van der Waals surface area (Å²) in [6.07, 6.45) is 2.03. The van der Waals surface area contributed by atoms with Gasteiger partial charge in [-0.3, -0.25) is 4.79 Å². The SMILES string of the molecule is CSCc1nc2ccccc2n1CC(=O)NCCOc1cccc(C)c1. The van der Waals surface area contributed by atoms with Crippen molar-refractivity contribution in [3.63, 3.8) is 0 Å². The summed E-state index contributed by atoms with van der Waals surface area (Å²) in [7, 11) is 0. The Morgan fingerprint density at radius 1 is 1.23 bits per heavy atom. The number of amides is 1. The van der Waals surface area contributed by atoms with Gasteiger partial charge in [-0.15, -0.1) is 0 Å². The van der Waals surface area contributed by atoms with Crippen LogP contribution in [-0.4, -0.2) is 34.9 Å². The molecule has 0 atom stereocenters. The molecule has 0 radical (unpaired) electrons. The van der Waals surface area contributed by atoms with Crippen LogP contribution in [0.4, 0.5) is 0 Å². The van der Waals surface area contributed by atoms with Crippen molar-refractivity contribution in [3.8, 4) is 5.75 Å². The molecule has 0 unspecified atom stereocenters. The van der Waals surface area contributed by atoms with E-state index in [1.54, 1.807) is 11.8 Å². The van der Waals surface area contributed by atoms with Crippen molar-refractivity contribution >= 4 is 28.7 Å². The van der Waals surface area contributed by atoms with E-state index in [1.807, 2.05) is 66.3 Å². The van der Waals surface area contributed by atoms with Gasteiger partial charge in [0.15, 0.2) is 0 Å². The van der Waals surface area contributed by atoms with Crippen LogP contribution >= 0.6 is 11.8 Å². The second-order valence-corrected chi connectivity index (χ2v) is 6.92. The fourth-order valence-corrected chi connectivity index (χ4v) is 3.28. The summed E-state index contributed by atoms with van der Waals surface area (Å²) < 4.78 is 7.66. The molecule has 0 spiro atoms. The normalized spacial score (nSPS) is 10.8. The van der Waals surface area contributed by atoms with Gasteiger partial charge in [0.1, 0.15) is 24.7 Å². The van der Waals surface area contributed by atoms with Crippen LogP contribution in [0.25, 0.3) is 11.0 Å². The molecule has 2 aromatic carbocycles. The van der Waals surface area contributed by atoms with Crippen LogP contribution in [0.1, 0.15) is 11.4 Å². The number of fused-ring (bicyclic) bond motifs is 1. The van der Waals surface area contributed by atoms with E-state index < -0.39 is 0 Å². The Bertz CT molecular complexity index is 892. The van der Waals surface area contributed by atoms with Gasteiger partial charge in [0.25, 0.3) is 0 Å². The second-order valence-electron chi connectivity index (χ2n) is 6.05. The van der Waals surface area contributed by atoms with Crippen molar-refractivity contribution in [2.24, 2.45) is 0 Å². The molecule has 0 aliphatic carbocycles. The monoisotopic (exact) mass is 369 g/mol. The number of rotatable bonds is 8. The summed E-state index contributed by atoms with van der Waals surface area (Å²) >= 11 is 1.70. The number of benzene rings is 2. The number of carbonyl (C=O) groups excluding carboxylic acids is 1. The van der Waals surface area contributed by atoms with Crippen LogP contribution in [0.15, 0.2) is 48.5 Å². The predicted octanol–water partition coefficient (Wildman–Crippen LogP) is 3.40. The third-order valence-electron chi connectivity index (χ3n) is 3.99. The van der Waals surface area contributed by atoms with Crippen molar-refractivity contribution in [1.29, 1.82) is 0 Å². The molecule has 0 fully saturated rings. The predicted molar refractivity (Wildman–Crippen MR) is 107 cm³/mol. The lowest BCUT2D eigenvalue weighted by Crippen LogP contribution is -2.31. The summed E-state index contributed by atoms with van der Waals surface area (Å²) in [6.45, 7) is 3.20. The lowest BCUT2D eigenvalue weighted by molar-refractivity contribution is -0.121. The summed E-state index contributed by atoms with van der Waals surface area (Å²) in [5.74, 6) is 2.48. The summed E-state index contributed by atoms with van der Waals surface area (Å²) in [5.41, 5.74) is 3.06. The van der Waals surface area contributed by atoms with Gasteiger partial charge >= 0.3 is 0 Å². The zero-order chi connectivity index (χ0) is 18.4. The number of nitrogens with zero attached hydrogens (tertiary/aromatic N) is 2. The van der Waals surface area contributed by atoms with Gasteiger partial charge in [-0.05, 0) is 43.0 Å². The van der Waals surface area contributed by atoms with Crippen LogP contribution in [0.3, 0.4) is 0 Å². The van der Waals surface area contributed by atoms with Crippen molar-refractivity contribution in [1.82, 2.24) is 14.9 Å². The number of aryl methyl sites for hydroxylation is 1. The van der Waals surface area contributed by atoms with Crippen LogP contribution in [0.2, 0.25) is 0 Å². The number of thioether (sulfide) groups is 1. The molecular weight excluding hydrogens is 346 g/mol. The van der Waals surface area contributed by atoms with Gasteiger partial charge in [-0.1, -0.05) is 24.3 Å². The minimum Gasteiger partial charge on any atom is -0.492 e. The average Bonchev–Trinajstić information content (AvgIpc) is 2.97. The number of hydrogen-bond donors (Lipinski definition) is 1. The van der Waals surface area contributed by atoms with Crippen LogP contribution in [0.5, 0.6) is 5.75 Å². The lowest BCUT2D eigenvalue weighted by Gasteiger charge is -2.10. The molecule has 136 valence electrons. The highest BCUT2D eigenvalue weighted by molar-refractivity contribution is 7.97. The van der Waals surface area contributed by atoms with Gasteiger partial charge in [-0.2, -0.15) is 11.8 Å². The molecule has 0 aliphatic heterocycles. The Balaban J connectivity index is 1.56. The Labute approximate surface area is 157 Å². The van der Waals surface area contributed by atoms with Crippen molar-refractivity contribution in [3.05, 3.63) is 59.9 Å². The molecule has 1 N–H and O–H groups in total. The maximum Gasteiger partial charge on any atom is 0.240 e. The van der Waals surface area contributed by atoms with E-state index in [4.69, 9.17) is 4.74 Å². The Hall–Kier alpha value is -2.47. The lowest BCUT2D eigenvalue weighted by atomic mass is 10.2. The van der Waals surface area contributed by atoms with Crippen molar-refractivity contribution in [2.75, 3.05) is 19.4 Å². The molecule has 1 aromatic heterocycles. The van der Waals surface area contributed by atoms with E-state index in [2.05, 4.69) is 10.3 Å². The number of ether oxygens (including phenoxy) is 1. The zero-order valence-electron chi connectivity index (χ0n) is 15.1. The van der Waals surface area contributed by atoms with Gasteiger partial charge in [-0.25, -0.2) is 4.98 Å². The van der Waals surface area contributed by atoms with Crippen molar-refractivity contribution in [2.45, 2.75) is 19.2 Å². The largest absolute Gasteiger partial charge is 0.492 e. The third kappa shape index (κ3) is 4.58. The number of hydrogen-bond acceptors (Lipinski definition) is 4. The van der Waals surface area contributed by atoms with E-state index in [1.165, 1.54) is 0 Å². The molecule has 0 saturated heterocycles. The van der Waals surface area contributed by atoms with E-state index in [9.17, 15) is 4.79 Å². The molecule has 0 saturated carbocycles. The highest BCUT2D eigenvalue weighted by Gasteiger charge is 2.12. The third-order valence-corrected chi connectivity index (χ3v) is 4.54. The first kappa shape index (κ1) is 18.3. The standard InChI is InChI=1S/C20H23N3O2S/c1-15-6-5-7-16(12-15)25-11-10-21-20(24)13-23-18-9-4-3-8-17(18)22-19(23)14-26-2/h3-9,12H,10-11,13-14H2,1-2H3,(H,21,24). The topological polar surface area (TPSA) is 56.2 Å². The first-order chi connectivity index (χ1) is 12.7. The number of aromatic nitrogens is 2. The van der Waals surface area contributed by atoms with Crippen LogP contribution in [0, 0.1) is 6.92 Å². The fourth-order valence-electron chi connectivity index (χ4n) is 2.81. The smallest absolute Gasteiger partial charge is 0.240 e. The summed E-state index contributed by atoms with van der Waals surface area (Å²) in [6, 6.07) is 15.8. The molecule has 26 heavy (non-hydrogen) atoms. The Morgan fingerprint density at radius 3 is 2.88 bits per heavy atom. The van der Waals surface area contributed by atoms with Gasteiger partial charge < -0.3 is 14.6 Å². The maximum atomic E-state index is 12.4. The summed E-state index contributed by atoms with van der Waals surface area (Å²) in [5, 5.41) is 2.92. The molecule has 0 aliphatic rings. The van der Waals surface area contributed by atoms with Crippen LogP contribution in [-0.2, 0) is 17.1 Å². The summed E-state index contributed by atoms with van der Waals surface area (Å²) in [4.78, 5) is 17.0. The van der Waals surface area contributed by atoms with Crippen LogP contribution < -0.4 is 10.1 Å². The molecule has 0 bridgehead atoms. The minimum atomic E-state index is -0.0386. The maximum absolute atomic E-state index is 12.4. The van der Waals surface area contributed by atoms with Crippen molar-refractivity contribution < 1.29 is 9.53 Å². The van der Waals surface area contributed by atoms with Gasteiger partial charge in [0.05, 0.1) is 23.3 Å². The first-order valence-electron chi connectivity index (χ1n) is 8.56. The highest BCUT2D eigenvalue weighted by Crippen LogP contribution is 2.18. The fraction of sp³-hybridized carbons (Fsp3) is 0.300. The molecule has 3 rings (SSSR count). The Kier molecular flexibility index (Phi) is 6.17. The van der Waals surface area contributed by atoms with E-state index in [0.717, 1.165) is 33.9 Å². The van der Waals surface area contributed by atoms with Gasteiger partial charge in [0, 0.05) is 0 Å². The molecular formula is C20H23N3O2S. The molecule has 5 nitrogen and oxygen atoms in total. The minimum absolute atomic E-state index is 0.0386. The Morgan fingerprint density at radius 2 is 2.08 bits per heavy atom. The number of carbonyl (C=O) groups is 1. The number of imidazole rings is 1. The molecule has 3 aromatic rings. The number of nitrogens with one attached hydrogen (secondary N) is 1. The molecule has 1 heterocycles. The first-order valence-corrected chi connectivity index (χ1v) is 9.96. The van der Waals surface area contributed by atoms with E-state index >= 15 is 0 Å². The average molecular weight is 369 g/mol. The number of para-hydroxylation sites is 2. The molecule has 6 heteroatoms. The van der Waals surface area contributed by atoms with E-state index in [0.29, 0.717) is 13.2 Å². The van der Waals surface area contributed by atoms with Gasteiger partial charge in [0.2, 0.25) is 5.91 Å². The zero-order valence-corrected chi connectivity index (χ0v) is 15.9.